The number of phenols is 1. The molecule has 2 rings (SSSR count). The van der Waals surface area contributed by atoms with Crippen molar-refractivity contribution >= 4 is 29.9 Å². The maximum atomic E-state index is 12.5. The fourth-order valence-corrected chi connectivity index (χ4v) is 3.64. The van der Waals surface area contributed by atoms with Crippen LogP contribution in [0.4, 0.5) is 13.2 Å². The molecule has 0 bridgehead atoms. The number of alkyl halides is 3. The van der Waals surface area contributed by atoms with Gasteiger partial charge in [0.1, 0.15) is 0 Å². The maximum Gasteiger partial charge on any atom is 0.401 e. The Morgan fingerprint density at radius 2 is 1.97 bits per heavy atom. The lowest BCUT2D eigenvalue weighted by molar-refractivity contribution is -0.148. The van der Waals surface area contributed by atoms with E-state index in [1.165, 1.54) is 12.0 Å². The number of rotatable bonds is 9. The SMILES string of the molecule is CCNC(=NCCC1CCN(CC(F)(F)F)CC1)NCCc1cccc(OC)c1O.I. The number of para-hydroxylation sites is 1. The number of halogens is 4. The summed E-state index contributed by atoms with van der Waals surface area (Å²) in [6.45, 7) is 4.13. The van der Waals surface area contributed by atoms with Crippen LogP contribution < -0.4 is 15.4 Å². The van der Waals surface area contributed by atoms with Gasteiger partial charge in [0.05, 0.1) is 13.7 Å². The molecule has 0 aromatic heterocycles. The molecular formula is C21H34F3IN4O2. The summed E-state index contributed by atoms with van der Waals surface area (Å²) in [5.74, 6) is 1.72. The van der Waals surface area contributed by atoms with Crippen molar-refractivity contribution in [3.63, 3.8) is 0 Å². The number of nitrogens with zero attached hydrogens (tertiary/aromatic N) is 2. The first-order valence-electron chi connectivity index (χ1n) is 10.5. The number of hydrogen-bond acceptors (Lipinski definition) is 4. The molecule has 0 saturated carbocycles. The van der Waals surface area contributed by atoms with Crippen LogP contribution in [0.2, 0.25) is 0 Å². The summed E-state index contributed by atoms with van der Waals surface area (Å²) < 4.78 is 42.6. The average molecular weight is 558 g/mol. The number of ether oxygens (including phenoxy) is 1. The molecule has 0 atom stereocenters. The van der Waals surface area contributed by atoms with Crippen molar-refractivity contribution < 1.29 is 23.0 Å². The highest BCUT2D eigenvalue weighted by molar-refractivity contribution is 14.0. The first kappa shape index (κ1) is 27.6. The summed E-state index contributed by atoms with van der Waals surface area (Å²) >= 11 is 0. The van der Waals surface area contributed by atoms with Gasteiger partial charge in [-0.25, -0.2) is 0 Å². The van der Waals surface area contributed by atoms with E-state index in [2.05, 4.69) is 15.6 Å². The topological polar surface area (TPSA) is 69.1 Å². The molecule has 178 valence electrons. The van der Waals surface area contributed by atoms with Crippen molar-refractivity contribution in [2.45, 2.75) is 38.8 Å². The number of aromatic hydroxyl groups is 1. The van der Waals surface area contributed by atoms with E-state index in [1.807, 2.05) is 19.1 Å². The second kappa shape index (κ2) is 13.9. The van der Waals surface area contributed by atoms with Gasteiger partial charge >= 0.3 is 6.18 Å². The molecule has 31 heavy (non-hydrogen) atoms. The van der Waals surface area contributed by atoms with E-state index < -0.39 is 12.7 Å². The highest BCUT2D eigenvalue weighted by Gasteiger charge is 2.32. The van der Waals surface area contributed by atoms with E-state index in [4.69, 9.17) is 4.74 Å². The van der Waals surface area contributed by atoms with Crippen LogP contribution in [0.3, 0.4) is 0 Å². The second-order valence-electron chi connectivity index (χ2n) is 7.53. The first-order chi connectivity index (χ1) is 14.3. The van der Waals surface area contributed by atoms with Gasteiger partial charge in [0, 0.05) is 19.6 Å². The molecule has 1 fully saturated rings. The number of piperidine rings is 1. The van der Waals surface area contributed by atoms with Gasteiger partial charge in [-0.05, 0) is 63.2 Å². The summed E-state index contributed by atoms with van der Waals surface area (Å²) in [5, 5.41) is 16.6. The van der Waals surface area contributed by atoms with Crippen LogP contribution in [-0.4, -0.2) is 68.5 Å². The van der Waals surface area contributed by atoms with Gasteiger partial charge in [0.25, 0.3) is 0 Å². The zero-order valence-electron chi connectivity index (χ0n) is 18.2. The lowest BCUT2D eigenvalue weighted by atomic mass is 9.93. The van der Waals surface area contributed by atoms with Crippen LogP contribution in [0.25, 0.3) is 0 Å². The van der Waals surface area contributed by atoms with Crippen molar-refractivity contribution in [3.05, 3.63) is 23.8 Å². The van der Waals surface area contributed by atoms with Crippen LogP contribution >= 0.6 is 24.0 Å². The normalized spacial score (nSPS) is 16.0. The standard InChI is InChI=1S/C21H33F3N4O2.HI/c1-3-25-20(27-12-8-17-5-4-6-18(30-2)19(17)29)26-11-7-16-9-13-28(14-10-16)15-21(22,23)24;/h4-6,16,29H,3,7-15H2,1-2H3,(H2,25,26,27);1H. The summed E-state index contributed by atoms with van der Waals surface area (Å²) in [5.41, 5.74) is 0.795. The Morgan fingerprint density at radius 1 is 1.26 bits per heavy atom. The third-order valence-electron chi connectivity index (χ3n) is 5.25. The number of aliphatic imine (C=N–C) groups is 1. The summed E-state index contributed by atoms with van der Waals surface area (Å²) in [7, 11) is 1.52. The van der Waals surface area contributed by atoms with E-state index in [9.17, 15) is 18.3 Å². The van der Waals surface area contributed by atoms with Gasteiger partial charge in [-0.3, -0.25) is 9.89 Å². The third kappa shape index (κ3) is 10.2. The van der Waals surface area contributed by atoms with Crippen LogP contribution in [0.5, 0.6) is 11.5 Å². The highest BCUT2D eigenvalue weighted by atomic mass is 127. The van der Waals surface area contributed by atoms with Crippen LogP contribution in [0.1, 0.15) is 31.7 Å². The van der Waals surface area contributed by atoms with E-state index in [0.717, 1.165) is 31.4 Å². The predicted molar refractivity (Wildman–Crippen MR) is 128 cm³/mol. The molecule has 3 N–H and O–H groups in total. The van der Waals surface area contributed by atoms with Crippen LogP contribution in [-0.2, 0) is 6.42 Å². The number of benzene rings is 1. The molecule has 0 aliphatic carbocycles. The van der Waals surface area contributed by atoms with Gasteiger partial charge in [-0.2, -0.15) is 13.2 Å². The molecule has 0 radical (unpaired) electrons. The molecule has 0 spiro atoms. The fourth-order valence-electron chi connectivity index (χ4n) is 3.64. The van der Waals surface area contributed by atoms with Crippen molar-refractivity contribution in [1.29, 1.82) is 0 Å². The molecular weight excluding hydrogens is 524 g/mol. The molecule has 1 heterocycles. The van der Waals surface area contributed by atoms with Crippen molar-refractivity contribution in [1.82, 2.24) is 15.5 Å². The lowest BCUT2D eigenvalue weighted by Gasteiger charge is -2.32. The largest absolute Gasteiger partial charge is 0.504 e. The zero-order chi connectivity index (χ0) is 22.0. The van der Waals surface area contributed by atoms with Gasteiger partial charge in [0.2, 0.25) is 0 Å². The Morgan fingerprint density at radius 3 is 2.58 bits per heavy atom. The van der Waals surface area contributed by atoms with E-state index >= 15 is 0 Å². The number of guanidine groups is 1. The fraction of sp³-hybridized carbons (Fsp3) is 0.667. The Bertz CT molecular complexity index is 681. The number of nitrogens with one attached hydrogen (secondary N) is 2. The Kier molecular flexibility index (Phi) is 12.3. The minimum absolute atomic E-state index is 0. The first-order valence-corrected chi connectivity index (χ1v) is 10.5. The van der Waals surface area contributed by atoms with Crippen molar-refractivity contribution in [2.24, 2.45) is 10.9 Å². The molecule has 6 nitrogen and oxygen atoms in total. The minimum atomic E-state index is -4.12. The van der Waals surface area contributed by atoms with Gasteiger partial charge in [-0.1, -0.05) is 12.1 Å². The Balaban J connectivity index is 0.00000480. The van der Waals surface area contributed by atoms with Crippen molar-refractivity contribution in [3.8, 4) is 11.5 Å². The maximum absolute atomic E-state index is 12.5. The predicted octanol–water partition coefficient (Wildman–Crippen LogP) is 3.78. The number of hydrogen-bond donors (Lipinski definition) is 3. The Labute approximate surface area is 199 Å². The molecule has 0 unspecified atom stereocenters. The number of phenolic OH excluding ortho intramolecular Hbond substituents is 1. The number of methoxy groups -OCH3 is 1. The monoisotopic (exact) mass is 558 g/mol. The quantitative estimate of drug-likeness (QED) is 0.245. The molecule has 1 aromatic rings. The highest BCUT2D eigenvalue weighted by Crippen LogP contribution is 2.29. The molecule has 1 aliphatic heterocycles. The van der Waals surface area contributed by atoms with E-state index in [1.54, 1.807) is 6.07 Å². The molecule has 0 amide bonds. The minimum Gasteiger partial charge on any atom is -0.504 e. The van der Waals surface area contributed by atoms with E-state index in [0.29, 0.717) is 50.2 Å². The van der Waals surface area contributed by atoms with Gasteiger partial charge in [-0.15, -0.1) is 24.0 Å². The summed E-state index contributed by atoms with van der Waals surface area (Å²) in [6.07, 6.45) is -1.07. The molecule has 1 aliphatic rings. The van der Waals surface area contributed by atoms with Crippen LogP contribution in [0.15, 0.2) is 23.2 Å². The third-order valence-corrected chi connectivity index (χ3v) is 5.25. The summed E-state index contributed by atoms with van der Waals surface area (Å²) in [6, 6.07) is 5.41. The number of likely N-dealkylation sites (tertiary alicyclic amines) is 1. The van der Waals surface area contributed by atoms with Gasteiger partial charge in [0.15, 0.2) is 17.5 Å². The molecule has 1 aromatic carbocycles. The smallest absolute Gasteiger partial charge is 0.401 e. The molecule has 10 heteroatoms. The van der Waals surface area contributed by atoms with Crippen molar-refractivity contribution in [2.75, 3.05) is 46.4 Å². The average Bonchev–Trinajstić information content (AvgIpc) is 2.69. The second-order valence-corrected chi connectivity index (χ2v) is 7.53. The lowest BCUT2D eigenvalue weighted by Crippen LogP contribution is -2.40. The summed E-state index contributed by atoms with van der Waals surface area (Å²) in [4.78, 5) is 6.07. The van der Waals surface area contributed by atoms with Gasteiger partial charge < -0.3 is 20.5 Å². The van der Waals surface area contributed by atoms with E-state index in [-0.39, 0.29) is 29.7 Å². The zero-order valence-corrected chi connectivity index (χ0v) is 20.5. The Hall–Kier alpha value is -1.43. The molecule has 1 saturated heterocycles. The van der Waals surface area contributed by atoms with Crippen LogP contribution in [0, 0.1) is 5.92 Å².